The average Bonchev–Trinajstić information content (AvgIpc) is 2.14. The zero-order valence-corrected chi connectivity index (χ0v) is 9.97. The Balaban J connectivity index is 3.01. The van der Waals surface area contributed by atoms with Crippen molar-refractivity contribution in [1.29, 1.82) is 0 Å². The Kier molecular flexibility index (Phi) is 4.28. The SMILES string of the molecule is CCCc1nc(COC)nc(N)c1Br. The summed E-state index contributed by atoms with van der Waals surface area (Å²) in [7, 11) is 1.61. The Morgan fingerprint density at radius 1 is 1.43 bits per heavy atom. The lowest BCUT2D eigenvalue weighted by Crippen LogP contribution is -2.06. The molecule has 0 atom stereocenters. The van der Waals surface area contributed by atoms with Crippen molar-refractivity contribution in [1.82, 2.24) is 9.97 Å². The van der Waals surface area contributed by atoms with Gasteiger partial charge in [-0.1, -0.05) is 13.3 Å². The molecule has 0 aromatic carbocycles. The summed E-state index contributed by atoms with van der Waals surface area (Å²) in [5.74, 6) is 1.12. The molecule has 0 radical (unpaired) electrons. The first-order chi connectivity index (χ1) is 6.69. The monoisotopic (exact) mass is 259 g/mol. The van der Waals surface area contributed by atoms with Gasteiger partial charge in [-0.05, 0) is 22.4 Å². The number of nitrogens with two attached hydrogens (primary N) is 1. The highest BCUT2D eigenvalue weighted by Crippen LogP contribution is 2.22. The quantitative estimate of drug-likeness (QED) is 0.898. The van der Waals surface area contributed by atoms with E-state index < -0.39 is 0 Å². The summed E-state index contributed by atoms with van der Waals surface area (Å²) in [6, 6.07) is 0. The van der Waals surface area contributed by atoms with Crippen LogP contribution in [0.2, 0.25) is 0 Å². The molecule has 78 valence electrons. The minimum Gasteiger partial charge on any atom is -0.383 e. The normalized spacial score (nSPS) is 10.5. The van der Waals surface area contributed by atoms with E-state index in [4.69, 9.17) is 10.5 Å². The number of hydrogen-bond acceptors (Lipinski definition) is 4. The van der Waals surface area contributed by atoms with Gasteiger partial charge in [0.25, 0.3) is 0 Å². The topological polar surface area (TPSA) is 61.0 Å². The molecule has 1 heterocycles. The first-order valence-corrected chi connectivity index (χ1v) is 5.28. The van der Waals surface area contributed by atoms with Gasteiger partial charge >= 0.3 is 0 Å². The van der Waals surface area contributed by atoms with Gasteiger partial charge in [0.1, 0.15) is 12.4 Å². The lowest BCUT2D eigenvalue weighted by atomic mass is 10.2. The van der Waals surface area contributed by atoms with Gasteiger partial charge in [-0.25, -0.2) is 9.97 Å². The summed E-state index contributed by atoms with van der Waals surface area (Å²) >= 11 is 3.38. The summed E-state index contributed by atoms with van der Waals surface area (Å²) in [6.45, 7) is 2.49. The van der Waals surface area contributed by atoms with E-state index in [0.717, 1.165) is 23.0 Å². The van der Waals surface area contributed by atoms with Gasteiger partial charge in [0.2, 0.25) is 0 Å². The second-order valence-electron chi connectivity index (χ2n) is 2.97. The molecule has 2 N–H and O–H groups in total. The first kappa shape index (κ1) is 11.4. The van der Waals surface area contributed by atoms with E-state index in [1.54, 1.807) is 7.11 Å². The van der Waals surface area contributed by atoms with E-state index in [1.165, 1.54) is 0 Å². The molecule has 1 aromatic heterocycles. The molecule has 14 heavy (non-hydrogen) atoms. The molecule has 0 spiro atoms. The number of rotatable bonds is 4. The fourth-order valence-electron chi connectivity index (χ4n) is 1.16. The molecule has 0 fully saturated rings. The minimum absolute atomic E-state index is 0.397. The number of halogens is 1. The van der Waals surface area contributed by atoms with Gasteiger partial charge in [-0.3, -0.25) is 0 Å². The third-order valence-electron chi connectivity index (χ3n) is 1.75. The summed E-state index contributed by atoms with van der Waals surface area (Å²) in [5, 5.41) is 0. The molecule has 0 bridgehead atoms. The van der Waals surface area contributed by atoms with Crippen LogP contribution in [0.4, 0.5) is 5.82 Å². The Morgan fingerprint density at radius 2 is 2.14 bits per heavy atom. The van der Waals surface area contributed by atoms with Crippen LogP contribution in [0.5, 0.6) is 0 Å². The third-order valence-corrected chi connectivity index (χ3v) is 2.62. The molecule has 0 aliphatic rings. The standard InChI is InChI=1S/C9H14BrN3O/c1-3-4-6-8(10)9(11)13-7(12-6)5-14-2/h3-5H2,1-2H3,(H2,11,12,13). The molecule has 0 saturated carbocycles. The van der Waals surface area contributed by atoms with Crippen molar-refractivity contribution in [2.75, 3.05) is 12.8 Å². The van der Waals surface area contributed by atoms with Crippen molar-refractivity contribution in [2.45, 2.75) is 26.4 Å². The smallest absolute Gasteiger partial charge is 0.156 e. The van der Waals surface area contributed by atoms with Gasteiger partial charge in [-0.15, -0.1) is 0 Å². The Bertz CT molecular complexity index is 317. The van der Waals surface area contributed by atoms with Gasteiger partial charge in [0.05, 0.1) is 10.2 Å². The zero-order chi connectivity index (χ0) is 10.6. The van der Waals surface area contributed by atoms with Crippen LogP contribution in [-0.4, -0.2) is 17.1 Å². The van der Waals surface area contributed by atoms with Crippen LogP contribution in [0.25, 0.3) is 0 Å². The molecule has 1 rings (SSSR count). The lowest BCUT2D eigenvalue weighted by Gasteiger charge is -2.07. The van der Waals surface area contributed by atoms with E-state index in [9.17, 15) is 0 Å². The maximum absolute atomic E-state index is 5.73. The van der Waals surface area contributed by atoms with E-state index in [1.807, 2.05) is 0 Å². The number of hydrogen-bond donors (Lipinski definition) is 1. The predicted octanol–water partition coefficient (Wildman–Crippen LogP) is 1.92. The largest absolute Gasteiger partial charge is 0.383 e. The third kappa shape index (κ3) is 2.65. The summed E-state index contributed by atoms with van der Waals surface area (Å²) in [6.07, 6.45) is 1.92. The highest BCUT2D eigenvalue weighted by atomic mass is 79.9. The van der Waals surface area contributed by atoms with Gasteiger partial charge in [0.15, 0.2) is 5.82 Å². The first-order valence-electron chi connectivity index (χ1n) is 4.48. The highest BCUT2D eigenvalue weighted by Gasteiger charge is 2.08. The van der Waals surface area contributed by atoms with Crippen LogP contribution < -0.4 is 5.73 Å². The molecule has 0 unspecified atom stereocenters. The molecule has 0 saturated heterocycles. The maximum Gasteiger partial charge on any atom is 0.156 e. The van der Waals surface area contributed by atoms with Crippen molar-refractivity contribution >= 4 is 21.7 Å². The summed E-state index contributed by atoms with van der Waals surface area (Å²) in [4.78, 5) is 8.45. The Morgan fingerprint density at radius 3 is 2.71 bits per heavy atom. The number of nitrogens with zero attached hydrogens (tertiary/aromatic N) is 2. The number of aromatic nitrogens is 2. The molecule has 0 aliphatic heterocycles. The van der Waals surface area contributed by atoms with E-state index >= 15 is 0 Å². The molecule has 1 aromatic rings. The van der Waals surface area contributed by atoms with E-state index in [-0.39, 0.29) is 0 Å². The zero-order valence-electron chi connectivity index (χ0n) is 8.38. The second-order valence-corrected chi connectivity index (χ2v) is 3.76. The number of methoxy groups -OCH3 is 1. The Hall–Kier alpha value is -0.680. The van der Waals surface area contributed by atoms with Crippen LogP contribution >= 0.6 is 15.9 Å². The molecular formula is C9H14BrN3O. The molecule has 0 amide bonds. The summed E-state index contributed by atoms with van der Waals surface area (Å²) in [5.41, 5.74) is 6.68. The highest BCUT2D eigenvalue weighted by molar-refractivity contribution is 9.10. The van der Waals surface area contributed by atoms with Gasteiger partial charge < -0.3 is 10.5 Å². The molecule has 5 heteroatoms. The second kappa shape index (κ2) is 5.26. The average molecular weight is 260 g/mol. The van der Waals surface area contributed by atoms with Gasteiger partial charge in [-0.2, -0.15) is 0 Å². The van der Waals surface area contributed by atoms with Crippen LogP contribution in [0.15, 0.2) is 4.47 Å². The van der Waals surface area contributed by atoms with Crippen molar-refractivity contribution in [3.8, 4) is 0 Å². The van der Waals surface area contributed by atoms with Crippen LogP contribution in [-0.2, 0) is 17.8 Å². The predicted molar refractivity (Wildman–Crippen MR) is 58.9 cm³/mol. The number of ether oxygens (including phenoxy) is 1. The van der Waals surface area contributed by atoms with Crippen molar-refractivity contribution in [3.05, 3.63) is 16.0 Å². The number of anilines is 1. The molecule has 4 nitrogen and oxygen atoms in total. The summed E-state index contributed by atoms with van der Waals surface area (Å²) < 4.78 is 5.76. The van der Waals surface area contributed by atoms with E-state index in [0.29, 0.717) is 18.2 Å². The van der Waals surface area contributed by atoms with Crippen molar-refractivity contribution in [2.24, 2.45) is 0 Å². The van der Waals surface area contributed by atoms with E-state index in [2.05, 4.69) is 32.8 Å². The lowest BCUT2D eigenvalue weighted by molar-refractivity contribution is 0.177. The Labute approximate surface area is 92.0 Å². The molecular weight excluding hydrogens is 246 g/mol. The van der Waals surface area contributed by atoms with Crippen molar-refractivity contribution in [3.63, 3.8) is 0 Å². The number of nitrogen functional groups attached to an aromatic ring is 1. The fourth-order valence-corrected chi connectivity index (χ4v) is 1.54. The van der Waals surface area contributed by atoms with Crippen LogP contribution in [0.3, 0.4) is 0 Å². The van der Waals surface area contributed by atoms with Crippen LogP contribution in [0.1, 0.15) is 24.9 Å². The number of aryl methyl sites for hydroxylation is 1. The van der Waals surface area contributed by atoms with Crippen LogP contribution in [0, 0.1) is 0 Å². The molecule has 0 aliphatic carbocycles. The maximum atomic E-state index is 5.73. The fraction of sp³-hybridized carbons (Fsp3) is 0.556. The minimum atomic E-state index is 0.397. The van der Waals surface area contributed by atoms with Crippen molar-refractivity contribution < 1.29 is 4.74 Å². The van der Waals surface area contributed by atoms with Gasteiger partial charge in [0, 0.05) is 7.11 Å².